The average Bonchev–Trinajstić information content (AvgIpc) is 2.39. The maximum atomic E-state index is 12.2. The second-order valence-corrected chi connectivity index (χ2v) is 3.88. The number of aliphatic hydroxyl groups excluding tert-OH is 1. The van der Waals surface area contributed by atoms with Gasteiger partial charge in [-0.05, 0) is 12.1 Å². The van der Waals surface area contributed by atoms with Gasteiger partial charge in [-0.2, -0.15) is 8.78 Å². The molecule has 0 aromatic heterocycles. The molecule has 0 aliphatic rings. The van der Waals surface area contributed by atoms with Crippen molar-refractivity contribution in [3.05, 3.63) is 24.3 Å². The number of carboxylic acids is 1. The number of urea groups is 1. The Hall–Kier alpha value is -2.42. The van der Waals surface area contributed by atoms with Gasteiger partial charge < -0.3 is 25.6 Å². The molecule has 0 bridgehead atoms. The van der Waals surface area contributed by atoms with Crippen LogP contribution < -0.4 is 15.4 Å². The second-order valence-electron chi connectivity index (χ2n) is 3.88. The topological polar surface area (TPSA) is 108 Å². The van der Waals surface area contributed by atoms with Gasteiger partial charge >= 0.3 is 18.6 Å². The number of hydrogen-bond acceptors (Lipinski definition) is 4. The summed E-state index contributed by atoms with van der Waals surface area (Å²) < 4.78 is 28.6. The maximum absolute atomic E-state index is 12.2. The molecule has 0 spiro atoms. The highest BCUT2D eigenvalue weighted by atomic mass is 19.3. The largest absolute Gasteiger partial charge is 0.480 e. The number of benzene rings is 1. The number of carbonyl (C=O) groups excluding carboxylic acids is 1. The number of nitrogens with one attached hydrogen (secondary N) is 2. The minimum absolute atomic E-state index is 0.0385. The van der Waals surface area contributed by atoms with Crippen LogP contribution in [0.15, 0.2) is 24.3 Å². The van der Waals surface area contributed by atoms with Crippen LogP contribution in [0, 0.1) is 0 Å². The van der Waals surface area contributed by atoms with Gasteiger partial charge in [0.2, 0.25) is 0 Å². The van der Waals surface area contributed by atoms with E-state index in [9.17, 15) is 18.4 Å². The van der Waals surface area contributed by atoms with E-state index in [1.54, 1.807) is 0 Å². The highest BCUT2D eigenvalue weighted by Crippen LogP contribution is 2.25. The van der Waals surface area contributed by atoms with Crippen LogP contribution in [0.5, 0.6) is 5.75 Å². The van der Waals surface area contributed by atoms with Crippen molar-refractivity contribution in [2.75, 3.05) is 11.9 Å². The van der Waals surface area contributed by atoms with Crippen LogP contribution in [0.3, 0.4) is 0 Å². The zero-order valence-electron chi connectivity index (χ0n) is 10.8. The van der Waals surface area contributed by atoms with E-state index in [0.717, 1.165) is 0 Å². The lowest BCUT2D eigenvalue weighted by molar-refractivity contribution is -0.139. The third-order valence-corrected chi connectivity index (χ3v) is 2.37. The van der Waals surface area contributed by atoms with Gasteiger partial charge in [0.15, 0.2) is 0 Å². The fourth-order valence-electron chi connectivity index (χ4n) is 1.47. The lowest BCUT2D eigenvalue weighted by Crippen LogP contribution is -2.43. The van der Waals surface area contributed by atoms with Crippen molar-refractivity contribution in [3.8, 4) is 5.75 Å². The van der Waals surface area contributed by atoms with E-state index in [2.05, 4.69) is 15.4 Å². The van der Waals surface area contributed by atoms with Crippen LogP contribution in [-0.4, -0.2) is 41.5 Å². The van der Waals surface area contributed by atoms with E-state index in [-0.39, 0.29) is 17.9 Å². The number of rotatable bonds is 7. The molecular formula is C12H14F2N2O5. The molecule has 9 heteroatoms. The smallest absolute Gasteiger partial charge is 0.387 e. The van der Waals surface area contributed by atoms with Gasteiger partial charge in [-0.25, -0.2) is 9.59 Å². The van der Waals surface area contributed by atoms with Crippen LogP contribution in [0.4, 0.5) is 19.3 Å². The minimum Gasteiger partial charge on any atom is -0.480 e. The zero-order chi connectivity index (χ0) is 15.8. The highest BCUT2D eigenvalue weighted by molar-refractivity contribution is 5.93. The first-order chi connectivity index (χ1) is 9.93. The Morgan fingerprint density at radius 1 is 1.29 bits per heavy atom. The number of aliphatic hydroxyl groups is 1. The Labute approximate surface area is 118 Å². The van der Waals surface area contributed by atoms with E-state index in [1.165, 1.54) is 24.3 Å². The molecule has 1 rings (SSSR count). The van der Waals surface area contributed by atoms with Crippen molar-refractivity contribution in [3.63, 3.8) is 0 Å². The summed E-state index contributed by atoms with van der Waals surface area (Å²) in [4.78, 5) is 22.4. The summed E-state index contributed by atoms with van der Waals surface area (Å²) in [5, 5.41) is 21.8. The predicted molar refractivity (Wildman–Crippen MR) is 68.4 cm³/mol. The van der Waals surface area contributed by atoms with Gasteiger partial charge in [0.25, 0.3) is 0 Å². The predicted octanol–water partition coefficient (Wildman–Crippen LogP) is 1.25. The number of carboxylic acid groups (broad SMARTS) is 1. The van der Waals surface area contributed by atoms with Crippen molar-refractivity contribution in [2.45, 2.75) is 19.1 Å². The van der Waals surface area contributed by atoms with Crippen LogP contribution in [0.1, 0.15) is 6.42 Å². The Kier molecular flexibility index (Phi) is 6.34. The van der Waals surface area contributed by atoms with Crippen LogP contribution in [0.2, 0.25) is 0 Å². The summed E-state index contributed by atoms with van der Waals surface area (Å²) in [5.74, 6) is -1.58. The standard InChI is InChI=1S/C12H14F2N2O5/c13-11(14)21-9-4-2-1-3-7(9)15-12(20)16-8(5-6-17)10(18)19/h1-4,8,11,17H,5-6H2,(H,18,19)(H2,15,16,20). The van der Waals surface area contributed by atoms with E-state index in [0.29, 0.717) is 0 Å². The normalized spacial score (nSPS) is 11.8. The molecule has 1 aromatic carbocycles. The monoisotopic (exact) mass is 304 g/mol. The molecule has 0 saturated heterocycles. The van der Waals surface area contributed by atoms with Crippen molar-refractivity contribution in [2.24, 2.45) is 0 Å². The number of aliphatic carboxylic acids is 1. The lowest BCUT2D eigenvalue weighted by Gasteiger charge is -2.15. The number of anilines is 1. The summed E-state index contributed by atoms with van der Waals surface area (Å²) in [6.07, 6.45) is -0.183. The molecule has 1 atom stereocenters. The molecule has 116 valence electrons. The molecule has 0 fully saturated rings. The van der Waals surface area contributed by atoms with Gasteiger partial charge in [0, 0.05) is 13.0 Å². The van der Waals surface area contributed by atoms with Crippen molar-refractivity contribution >= 4 is 17.7 Å². The number of hydrogen-bond donors (Lipinski definition) is 4. The van der Waals surface area contributed by atoms with Crippen LogP contribution in [0.25, 0.3) is 0 Å². The molecule has 1 aromatic rings. The minimum atomic E-state index is -3.06. The van der Waals surface area contributed by atoms with Gasteiger partial charge in [-0.3, -0.25) is 0 Å². The third-order valence-electron chi connectivity index (χ3n) is 2.37. The fraction of sp³-hybridized carbons (Fsp3) is 0.333. The molecule has 0 heterocycles. The van der Waals surface area contributed by atoms with Crippen LogP contribution in [-0.2, 0) is 4.79 Å². The van der Waals surface area contributed by atoms with E-state index in [1.807, 2.05) is 0 Å². The summed E-state index contributed by atoms with van der Waals surface area (Å²) in [6.45, 7) is -3.49. The van der Waals surface area contributed by atoms with Gasteiger partial charge in [-0.1, -0.05) is 12.1 Å². The number of halogens is 2. The van der Waals surface area contributed by atoms with E-state index in [4.69, 9.17) is 10.2 Å². The zero-order valence-corrected chi connectivity index (χ0v) is 10.8. The molecule has 1 unspecified atom stereocenters. The average molecular weight is 304 g/mol. The summed E-state index contributed by atoms with van der Waals surface area (Å²) >= 11 is 0. The molecule has 7 nitrogen and oxygen atoms in total. The molecule has 2 amide bonds. The second kappa shape index (κ2) is 8.00. The quantitative estimate of drug-likeness (QED) is 0.606. The Bertz CT molecular complexity index is 498. The molecule has 0 aliphatic carbocycles. The summed E-state index contributed by atoms with van der Waals surface area (Å²) in [6, 6.07) is 3.26. The first-order valence-electron chi connectivity index (χ1n) is 5.89. The molecule has 0 radical (unpaired) electrons. The first kappa shape index (κ1) is 16.6. The molecule has 0 saturated carbocycles. The maximum Gasteiger partial charge on any atom is 0.387 e. The Morgan fingerprint density at radius 2 is 1.95 bits per heavy atom. The summed E-state index contributed by atoms with van der Waals surface area (Å²) in [5.41, 5.74) is -0.0385. The fourth-order valence-corrected chi connectivity index (χ4v) is 1.47. The Morgan fingerprint density at radius 3 is 2.52 bits per heavy atom. The molecule has 21 heavy (non-hydrogen) atoms. The summed E-state index contributed by atoms with van der Waals surface area (Å²) in [7, 11) is 0. The third kappa shape index (κ3) is 5.61. The molecular weight excluding hydrogens is 290 g/mol. The number of para-hydroxylation sites is 2. The van der Waals surface area contributed by atoms with Crippen molar-refractivity contribution in [1.82, 2.24) is 5.32 Å². The van der Waals surface area contributed by atoms with E-state index < -0.39 is 31.3 Å². The van der Waals surface area contributed by atoms with Gasteiger partial charge in [-0.15, -0.1) is 0 Å². The van der Waals surface area contributed by atoms with Crippen LogP contribution >= 0.6 is 0 Å². The highest BCUT2D eigenvalue weighted by Gasteiger charge is 2.20. The van der Waals surface area contributed by atoms with Gasteiger partial charge in [0.05, 0.1) is 5.69 Å². The van der Waals surface area contributed by atoms with Crippen molar-refractivity contribution in [1.29, 1.82) is 0 Å². The lowest BCUT2D eigenvalue weighted by atomic mass is 10.2. The van der Waals surface area contributed by atoms with Gasteiger partial charge in [0.1, 0.15) is 11.8 Å². The van der Waals surface area contributed by atoms with E-state index >= 15 is 0 Å². The first-order valence-corrected chi connectivity index (χ1v) is 5.89. The SMILES string of the molecule is O=C(Nc1ccccc1OC(F)F)NC(CCO)C(=O)O. The van der Waals surface area contributed by atoms with Crippen molar-refractivity contribution < 1.29 is 33.3 Å². The number of alkyl halides is 2. The number of carbonyl (C=O) groups is 2. The number of ether oxygens (including phenoxy) is 1. The number of amides is 2. The Balaban J connectivity index is 2.72. The molecule has 4 N–H and O–H groups in total. The molecule has 0 aliphatic heterocycles.